The topological polar surface area (TPSA) is 50.9 Å². The lowest BCUT2D eigenvalue weighted by molar-refractivity contribution is 0.688. The summed E-state index contributed by atoms with van der Waals surface area (Å²) in [6.07, 6.45) is 0. The van der Waals surface area contributed by atoms with Gasteiger partial charge in [-0.15, -0.1) is 11.3 Å². The van der Waals surface area contributed by atoms with Crippen molar-refractivity contribution >= 4 is 11.3 Å². The first-order valence-corrected chi connectivity index (χ1v) is 6.55. The second-order valence-corrected chi connectivity index (χ2v) is 4.95. The smallest absolute Gasteiger partial charge is 0.107 e. The third-order valence-electron chi connectivity index (χ3n) is 2.53. The van der Waals surface area contributed by atoms with Gasteiger partial charge >= 0.3 is 0 Å². The summed E-state index contributed by atoms with van der Waals surface area (Å²) in [5.74, 6) is 0. The van der Waals surface area contributed by atoms with Crippen LogP contribution in [0.3, 0.4) is 0 Å². The van der Waals surface area contributed by atoms with Crippen molar-refractivity contribution in [3.05, 3.63) is 51.5 Å². The molecule has 0 aliphatic heterocycles. The number of thiazole rings is 1. The molecule has 3 nitrogen and oxygen atoms in total. The van der Waals surface area contributed by atoms with Crippen LogP contribution in [0.15, 0.2) is 29.6 Å². The number of rotatable bonds is 5. The standard InChI is InChI=1S/C13H17N3S/c1-10-9-17-13(16-10)8-15-7-12-4-2-11(6-14)3-5-12/h2-5,9,15H,6-8,14H2,1H3. The van der Waals surface area contributed by atoms with Crippen molar-refractivity contribution < 1.29 is 0 Å². The maximum absolute atomic E-state index is 5.56. The number of benzene rings is 1. The molecule has 4 heteroatoms. The molecule has 3 N–H and O–H groups in total. The van der Waals surface area contributed by atoms with E-state index in [0.717, 1.165) is 23.8 Å². The molecule has 90 valence electrons. The third kappa shape index (κ3) is 3.63. The van der Waals surface area contributed by atoms with E-state index >= 15 is 0 Å². The Morgan fingerprint density at radius 1 is 1.18 bits per heavy atom. The minimum Gasteiger partial charge on any atom is -0.326 e. The zero-order chi connectivity index (χ0) is 12.1. The Morgan fingerprint density at radius 3 is 2.47 bits per heavy atom. The Kier molecular flexibility index (Phi) is 4.25. The van der Waals surface area contributed by atoms with Crippen LogP contribution >= 0.6 is 11.3 Å². The molecule has 0 amide bonds. The lowest BCUT2D eigenvalue weighted by atomic mass is 10.1. The molecule has 1 aromatic heterocycles. The lowest BCUT2D eigenvalue weighted by Crippen LogP contribution is -2.12. The Labute approximate surface area is 106 Å². The number of hydrogen-bond donors (Lipinski definition) is 2. The van der Waals surface area contributed by atoms with Crippen molar-refractivity contribution in [3.63, 3.8) is 0 Å². The first-order chi connectivity index (χ1) is 8.28. The fraction of sp³-hybridized carbons (Fsp3) is 0.308. The first-order valence-electron chi connectivity index (χ1n) is 5.67. The van der Waals surface area contributed by atoms with Crippen LogP contribution in [0.1, 0.15) is 21.8 Å². The minimum absolute atomic E-state index is 0.603. The summed E-state index contributed by atoms with van der Waals surface area (Å²) >= 11 is 1.70. The van der Waals surface area contributed by atoms with E-state index in [2.05, 4.69) is 39.9 Å². The van der Waals surface area contributed by atoms with Gasteiger partial charge < -0.3 is 11.1 Å². The summed E-state index contributed by atoms with van der Waals surface area (Å²) in [5.41, 5.74) is 9.10. The fourth-order valence-electron chi connectivity index (χ4n) is 1.59. The molecule has 1 heterocycles. The molecule has 2 rings (SSSR count). The van der Waals surface area contributed by atoms with Gasteiger partial charge in [0.25, 0.3) is 0 Å². The Morgan fingerprint density at radius 2 is 1.88 bits per heavy atom. The fourth-order valence-corrected chi connectivity index (χ4v) is 2.33. The van der Waals surface area contributed by atoms with Gasteiger partial charge in [0, 0.05) is 30.7 Å². The van der Waals surface area contributed by atoms with E-state index in [1.54, 1.807) is 11.3 Å². The van der Waals surface area contributed by atoms with Crippen molar-refractivity contribution in [2.24, 2.45) is 5.73 Å². The molecule has 0 unspecified atom stereocenters. The molecule has 17 heavy (non-hydrogen) atoms. The summed E-state index contributed by atoms with van der Waals surface area (Å²) < 4.78 is 0. The van der Waals surface area contributed by atoms with E-state index in [1.807, 2.05) is 6.92 Å². The molecule has 0 saturated heterocycles. The van der Waals surface area contributed by atoms with Crippen LogP contribution < -0.4 is 11.1 Å². The summed E-state index contributed by atoms with van der Waals surface area (Å²) in [6, 6.07) is 8.37. The molecule has 0 spiro atoms. The maximum atomic E-state index is 5.56. The molecule has 0 radical (unpaired) electrons. The van der Waals surface area contributed by atoms with E-state index in [0.29, 0.717) is 6.54 Å². The van der Waals surface area contributed by atoms with Crippen molar-refractivity contribution in [2.75, 3.05) is 0 Å². The van der Waals surface area contributed by atoms with Crippen molar-refractivity contribution in [1.29, 1.82) is 0 Å². The van der Waals surface area contributed by atoms with Crippen molar-refractivity contribution in [3.8, 4) is 0 Å². The first kappa shape index (κ1) is 12.2. The van der Waals surface area contributed by atoms with Crippen LogP contribution in [0.5, 0.6) is 0 Å². The highest BCUT2D eigenvalue weighted by atomic mass is 32.1. The van der Waals surface area contributed by atoms with Gasteiger partial charge in [0.2, 0.25) is 0 Å². The molecule has 0 aliphatic carbocycles. The Balaban J connectivity index is 1.81. The predicted octanol–water partition coefficient (Wildman–Crippen LogP) is 2.20. The summed E-state index contributed by atoms with van der Waals surface area (Å²) in [5, 5.41) is 6.60. The number of nitrogens with two attached hydrogens (primary N) is 1. The van der Waals surface area contributed by atoms with Gasteiger partial charge in [-0.1, -0.05) is 24.3 Å². The third-order valence-corrected chi connectivity index (χ3v) is 3.50. The summed E-state index contributed by atoms with van der Waals surface area (Å²) in [4.78, 5) is 4.41. The van der Waals surface area contributed by atoms with Crippen LogP contribution in [0.4, 0.5) is 0 Å². The molecular weight excluding hydrogens is 230 g/mol. The largest absolute Gasteiger partial charge is 0.326 e. The van der Waals surface area contributed by atoms with Gasteiger partial charge in [0.1, 0.15) is 5.01 Å². The number of nitrogens with one attached hydrogen (secondary N) is 1. The average Bonchev–Trinajstić information content (AvgIpc) is 2.76. The van der Waals surface area contributed by atoms with E-state index in [-0.39, 0.29) is 0 Å². The Hall–Kier alpha value is -1.23. The molecular formula is C13H17N3S. The van der Waals surface area contributed by atoms with Crippen molar-refractivity contribution in [2.45, 2.75) is 26.6 Å². The number of aryl methyl sites for hydroxylation is 1. The maximum Gasteiger partial charge on any atom is 0.107 e. The second-order valence-electron chi connectivity index (χ2n) is 4.01. The van der Waals surface area contributed by atoms with Crippen molar-refractivity contribution in [1.82, 2.24) is 10.3 Å². The summed E-state index contributed by atoms with van der Waals surface area (Å²) in [7, 11) is 0. The minimum atomic E-state index is 0.603. The molecule has 0 saturated carbocycles. The second kappa shape index (κ2) is 5.91. The van der Waals surface area contributed by atoms with Gasteiger partial charge in [-0.3, -0.25) is 0 Å². The average molecular weight is 247 g/mol. The van der Waals surface area contributed by atoms with E-state index in [1.165, 1.54) is 11.1 Å². The number of hydrogen-bond acceptors (Lipinski definition) is 4. The number of aromatic nitrogens is 1. The lowest BCUT2D eigenvalue weighted by Gasteiger charge is -2.04. The Bertz CT molecular complexity index is 462. The zero-order valence-corrected chi connectivity index (χ0v) is 10.8. The van der Waals surface area contributed by atoms with Crippen LogP contribution in [0.25, 0.3) is 0 Å². The van der Waals surface area contributed by atoms with E-state index in [9.17, 15) is 0 Å². The molecule has 1 aromatic carbocycles. The van der Waals surface area contributed by atoms with Gasteiger partial charge in [-0.2, -0.15) is 0 Å². The molecule has 2 aromatic rings. The molecule has 0 bridgehead atoms. The summed E-state index contributed by atoms with van der Waals surface area (Å²) in [6.45, 7) is 4.32. The van der Waals surface area contributed by atoms with Crippen LogP contribution in [0, 0.1) is 6.92 Å². The normalized spacial score (nSPS) is 10.7. The quantitative estimate of drug-likeness (QED) is 0.851. The molecule has 0 fully saturated rings. The zero-order valence-electron chi connectivity index (χ0n) is 9.94. The monoisotopic (exact) mass is 247 g/mol. The number of nitrogens with zero attached hydrogens (tertiary/aromatic N) is 1. The van der Waals surface area contributed by atoms with Crippen LogP contribution in [-0.2, 0) is 19.6 Å². The molecule has 0 atom stereocenters. The van der Waals surface area contributed by atoms with E-state index < -0.39 is 0 Å². The highest BCUT2D eigenvalue weighted by molar-refractivity contribution is 7.09. The highest BCUT2D eigenvalue weighted by Gasteiger charge is 1.98. The highest BCUT2D eigenvalue weighted by Crippen LogP contribution is 2.08. The van der Waals surface area contributed by atoms with E-state index in [4.69, 9.17) is 5.73 Å². The SMILES string of the molecule is Cc1csc(CNCc2ccc(CN)cc2)n1. The van der Waals surface area contributed by atoms with Crippen LogP contribution in [-0.4, -0.2) is 4.98 Å². The van der Waals surface area contributed by atoms with Gasteiger partial charge in [-0.25, -0.2) is 4.98 Å². The van der Waals surface area contributed by atoms with Crippen LogP contribution in [0.2, 0.25) is 0 Å². The van der Waals surface area contributed by atoms with Gasteiger partial charge in [0.05, 0.1) is 0 Å². The van der Waals surface area contributed by atoms with Gasteiger partial charge in [-0.05, 0) is 18.1 Å². The van der Waals surface area contributed by atoms with Gasteiger partial charge in [0.15, 0.2) is 0 Å². The molecule has 0 aliphatic rings. The predicted molar refractivity (Wildman–Crippen MR) is 71.7 cm³/mol.